The Morgan fingerprint density at radius 3 is 2.94 bits per heavy atom. The van der Waals surface area contributed by atoms with Crippen molar-refractivity contribution >= 4 is 0 Å². The summed E-state index contributed by atoms with van der Waals surface area (Å²) in [4.78, 5) is 4.21. The van der Waals surface area contributed by atoms with Crippen LogP contribution >= 0.6 is 0 Å². The lowest BCUT2D eigenvalue weighted by Crippen LogP contribution is -2.11. The summed E-state index contributed by atoms with van der Waals surface area (Å²) in [5, 5.41) is 3.18. The van der Waals surface area contributed by atoms with Gasteiger partial charge in [0.2, 0.25) is 0 Å². The van der Waals surface area contributed by atoms with E-state index in [2.05, 4.69) is 24.1 Å². The average molecular weight is 226 g/mol. The molecule has 0 atom stereocenters. The standard InChI is InChI=1S/C12H22N2O2/c1-3-5-6-7-8-15-12-14-11(10-16-12)9-13-4-2/h10,13H,3-9H2,1-2H3. The molecule has 0 radical (unpaired) electrons. The zero-order valence-corrected chi connectivity index (χ0v) is 10.3. The van der Waals surface area contributed by atoms with Gasteiger partial charge in [-0.05, 0) is 13.0 Å². The van der Waals surface area contributed by atoms with Gasteiger partial charge in [0, 0.05) is 6.54 Å². The highest BCUT2D eigenvalue weighted by atomic mass is 16.6. The number of hydrogen-bond donors (Lipinski definition) is 1. The van der Waals surface area contributed by atoms with E-state index >= 15 is 0 Å². The highest BCUT2D eigenvalue weighted by Crippen LogP contribution is 2.10. The summed E-state index contributed by atoms with van der Waals surface area (Å²) >= 11 is 0. The van der Waals surface area contributed by atoms with Crippen LogP contribution in [-0.4, -0.2) is 18.1 Å². The summed E-state index contributed by atoms with van der Waals surface area (Å²) in [6, 6.07) is 0. The Kier molecular flexibility index (Phi) is 6.65. The maximum absolute atomic E-state index is 5.41. The van der Waals surface area contributed by atoms with Crippen LogP contribution in [0.4, 0.5) is 0 Å². The molecule has 4 heteroatoms. The molecule has 0 aliphatic heterocycles. The Labute approximate surface area is 97.4 Å². The molecular formula is C12H22N2O2. The first-order valence-corrected chi connectivity index (χ1v) is 6.14. The predicted molar refractivity (Wildman–Crippen MR) is 63.5 cm³/mol. The van der Waals surface area contributed by atoms with Gasteiger partial charge in [0.05, 0.1) is 12.3 Å². The van der Waals surface area contributed by atoms with Crippen molar-refractivity contribution in [3.05, 3.63) is 12.0 Å². The van der Waals surface area contributed by atoms with E-state index in [1.165, 1.54) is 19.3 Å². The molecule has 0 saturated carbocycles. The lowest BCUT2D eigenvalue weighted by atomic mass is 10.2. The number of nitrogens with zero attached hydrogens (tertiary/aromatic N) is 1. The van der Waals surface area contributed by atoms with Gasteiger partial charge in [-0.1, -0.05) is 33.1 Å². The number of oxazole rings is 1. The first kappa shape index (κ1) is 13.0. The number of aromatic nitrogens is 1. The number of unbranched alkanes of at least 4 members (excludes halogenated alkanes) is 3. The van der Waals surface area contributed by atoms with Crippen LogP contribution in [0.1, 0.15) is 45.2 Å². The Hall–Kier alpha value is -1.03. The molecule has 0 amide bonds. The first-order valence-electron chi connectivity index (χ1n) is 6.14. The van der Waals surface area contributed by atoms with Crippen molar-refractivity contribution in [2.75, 3.05) is 13.2 Å². The van der Waals surface area contributed by atoms with E-state index in [1.54, 1.807) is 6.26 Å². The second kappa shape index (κ2) is 8.16. The third-order valence-corrected chi connectivity index (χ3v) is 2.31. The van der Waals surface area contributed by atoms with Crippen LogP contribution in [0.5, 0.6) is 6.08 Å². The molecule has 0 aliphatic rings. The maximum atomic E-state index is 5.41. The SMILES string of the molecule is CCCCCCOc1nc(CNCC)co1. The van der Waals surface area contributed by atoms with Gasteiger partial charge in [-0.3, -0.25) is 0 Å². The van der Waals surface area contributed by atoms with Gasteiger partial charge in [0.1, 0.15) is 6.26 Å². The van der Waals surface area contributed by atoms with Crippen molar-refractivity contribution in [2.24, 2.45) is 0 Å². The molecule has 0 bridgehead atoms. The van der Waals surface area contributed by atoms with E-state index in [0.717, 1.165) is 25.2 Å². The first-order chi connectivity index (χ1) is 7.86. The van der Waals surface area contributed by atoms with Crippen molar-refractivity contribution in [1.82, 2.24) is 10.3 Å². The van der Waals surface area contributed by atoms with Gasteiger partial charge in [-0.2, -0.15) is 4.98 Å². The Morgan fingerprint density at radius 1 is 1.31 bits per heavy atom. The lowest BCUT2D eigenvalue weighted by Gasteiger charge is -2.00. The van der Waals surface area contributed by atoms with Crippen LogP contribution in [0, 0.1) is 0 Å². The summed E-state index contributed by atoms with van der Waals surface area (Å²) in [6.07, 6.45) is 6.82. The molecule has 0 unspecified atom stereocenters. The van der Waals surface area contributed by atoms with Crippen LogP contribution in [0.2, 0.25) is 0 Å². The Morgan fingerprint density at radius 2 is 2.19 bits per heavy atom. The predicted octanol–water partition coefficient (Wildman–Crippen LogP) is 2.74. The van der Waals surface area contributed by atoms with Gasteiger partial charge < -0.3 is 14.5 Å². The maximum Gasteiger partial charge on any atom is 0.393 e. The van der Waals surface area contributed by atoms with Gasteiger partial charge in [-0.15, -0.1) is 0 Å². The van der Waals surface area contributed by atoms with Gasteiger partial charge in [0.15, 0.2) is 0 Å². The van der Waals surface area contributed by atoms with Crippen molar-refractivity contribution in [3.8, 4) is 6.08 Å². The summed E-state index contributed by atoms with van der Waals surface area (Å²) in [5.41, 5.74) is 0.894. The van der Waals surface area contributed by atoms with E-state index in [0.29, 0.717) is 12.7 Å². The highest BCUT2D eigenvalue weighted by Gasteiger charge is 2.03. The van der Waals surface area contributed by atoms with E-state index in [1.807, 2.05) is 0 Å². The second-order valence-corrected chi connectivity index (χ2v) is 3.79. The summed E-state index contributed by atoms with van der Waals surface area (Å²) < 4.78 is 10.6. The van der Waals surface area contributed by atoms with Gasteiger partial charge in [-0.25, -0.2) is 0 Å². The van der Waals surface area contributed by atoms with Crippen LogP contribution in [0.3, 0.4) is 0 Å². The van der Waals surface area contributed by atoms with Crippen molar-refractivity contribution in [3.63, 3.8) is 0 Å². The number of rotatable bonds is 9. The molecule has 0 fully saturated rings. The van der Waals surface area contributed by atoms with E-state index in [9.17, 15) is 0 Å². The van der Waals surface area contributed by atoms with Crippen LogP contribution < -0.4 is 10.1 Å². The van der Waals surface area contributed by atoms with E-state index in [-0.39, 0.29) is 0 Å². The van der Waals surface area contributed by atoms with E-state index in [4.69, 9.17) is 9.15 Å². The number of nitrogens with one attached hydrogen (secondary N) is 1. The second-order valence-electron chi connectivity index (χ2n) is 3.79. The summed E-state index contributed by atoms with van der Waals surface area (Å²) in [7, 11) is 0. The molecule has 0 spiro atoms. The fraction of sp³-hybridized carbons (Fsp3) is 0.750. The normalized spacial score (nSPS) is 10.6. The Bertz CT molecular complexity index is 274. The summed E-state index contributed by atoms with van der Waals surface area (Å²) in [6.45, 7) is 6.62. The van der Waals surface area contributed by atoms with Gasteiger partial charge in [0.25, 0.3) is 0 Å². The van der Waals surface area contributed by atoms with Gasteiger partial charge >= 0.3 is 6.08 Å². The molecule has 4 nitrogen and oxygen atoms in total. The number of hydrogen-bond acceptors (Lipinski definition) is 4. The molecule has 0 saturated heterocycles. The molecule has 1 N–H and O–H groups in total. The van der Waals surface area contributed by atoms with Crippen molar-refractivity contribution in [2.45, 2.75) is 46.1 Å². The average Bonchev–Trinajstić information content (AvgIpc) is 2.74. The van der Waals surface area contributed by atoms with Crippen molar-refractivity contribution in [1.29, 1.82) is 0 Å². The van der Waals surface area contributed by atoms with Crippen LogP contribution in [-0.2, 0) is 6.54 Å². The molecule has 1 aromatic heterocycles. The zero-order chi connectivity index (χ0) is 11.6. The highest BCUT2D eigenvalue weighted by molar-refractivity contribution is 4.99. The topological polar surface area (TPSA) is 47.3 Å². The smallest absolute Gasteiger partial charge is 0.393 e. The van der Waals surface area contributed by atoms with Crippen molar-refractivity contribution < 1.29 is 9.15 Å². The zero-order valence-electron chi connectivity index (χ0n) is 10.3. The molecule has 1 rings (SSSR count). The minimum atomic E-state index is 0.393. The fourth-order valence-electron chi connectivity index (χ4n) is 1.38. The fourth-order valence-corrected chi connectivity index (χ4v) is 1.38. The lowest BCUT2D eigenvalue weighted by molar-refractivity contribution is 0.224. The molecule has 0 aliphatic carbocycles. The summed E-state index contributed by atoms with van der Waals surface area (Å²) in [5.74, 6) is 0. The number of ether oxygens (including phenoxy) is 1. The largest absolute Gasteiger partial charge is 0.450 e. The minimum Gasteiger partial charge on any atom is -0.450 e. The Balaban J connectivity index is 2.14. The molecule has 0 aromatic carbocycles. The molecular weight excluding hydrogens is 204 g/mol. The van der Waals surface area contributed by atoms with E-state index < -0.39 is 0 Å². The third-order valence-electron chi connectivity index (χ3n) is 2.31. The minimum absolute atomic E-state index is 0.393. The third kappa shape index (κ3) is 5.16. The quantitative estimate of drug-likeness (QED) is 0.658. The molecule has 1 aromatic rings. The monoisotopic (exact) mass is 226 g/mol. The van der Waals surface area contributed by atoms with Crippen LogP contribution in [0.25, 0.3) is 0 Å². The molecule has 92 valence electrons. The molecule has 16 heavy (non-hydrogen) atoms. The van der Waals surface area contributed by atoms with Crippen LogP contribution in [0.15, 0.2) is 10.7 Å². The molecule has 1 heterocycles.